The van der Waals surface area contributed by atoms with Crippen molar-refractivity contribution in [1.29, 1.82) is 0 Å². The van der Waals surface area contributed by atoms with Crippen molar-refractivity contribution in [3.05, 3.63) is 63.9 Å². The van der Waals surface area contributed by atoms with Gasteiger partial charge in [0.25, 0.3) is 0 Å². The molecule has 1 aromatic carbocycles. The van der Waals surface area contributed by atoms with Gasteiger partial charge in [0.2, 0.25) is 11.8 Å². The molecule has 11 heteroatoms. The Morgan fingerprint density at radius 2 is 1.78 bits per heavy atom. The van der Waals surface area contributed by atoms with Gasteiger partial charge in [-0.1, -0.05) is 67.0 Å². The molecule has 5 atom stereocenters. The molecule has 6 rings (SSSR count). The number of amidine groups is 1. The van der Waals surface area contributed by atoms with Crippen LogP contribution in [0.15, 0.2) is 47.6 Å². The summed E-state index contributed by atoms with van der Waals surface area (Å²) in [6.45, 7) is 9.29. The van der Waals surface area contributed by atoms with Crippen molar-refractivity contribution < 1.29 is 14.3 Å². The Morgan fingerprint density at radius 3 is 2.44 bits per heavy atom. The van der Waals surface area contributed by atoms with E-state index in [4.69, 9.17) is 32.9 Å². The molecule has 0 spiro atoms. The fourth-order valence-electron chi connectivity index (χ4n) is 6.76. The van der Waals surface area contributed by atoms with Crippen molar-refractivity contribution in [3.63, 3.8) is 0 Å². The van der Waals surface area contributed by atoms with E-state index in [-0.39, 0.29) is 35.1 Å². The molecular weight excluding hydrogens is 581 g/mol. The highest BCUT2D eigenvalue weighted by Gasteiger charge is 2.58. The van der Waals surface area contributed by atoms with Gasteiger partial charge >= 0.3 is 0 Å². The summed E-state index contributed by atoms with van der Waals surface area (Å²) in [5, 5.41) is 1.57. The normalized spacial score (nSPS) is 29.7. The topological polar surface area (TPSA) is 78.3 Å². The lowest BCUT2D eigenvalue weighted by molar-refractivity contribution is -0.146. The molecule has 2 unspecified atom stereocenters. The van der Waals surface area contributed by atoms with E-state index in [9.17, 15) is 9.59 Å². The number of likely N-dealkylation sites (tertiary alicyclic amines) is 1. The minimum Gasteiger partial charge on any atom is -0.378 e. The van der Waals surface area contributed by atoms with Crippen LogP contribution in [0.1, 0.15) is 50.8 Å². The monoisotopic (exact) mass is 615 g/mol. The van der Waals surface area contributed by atoms with E-state index in [0.717, 1.165) is 22.7 Å². The summed E-state index contributed by atoms with van der Waals surface area (Å²) in [6.07, 6.45) is 3.32. The van der Waals surface area contributed by atoms with E-state index in [1.807, 2.05) is 40.1 Å². The fourth-order valence-corrected chi connectivity index (χ4v) is 8.63. The highest BCUT2D eigenvalue weighted by molar-refractivity contribution is 8.15. The molecule has 1 aromatic heterocycles. The van der Waals surface area contributed by atoms with Crippen LogP contribution in [0, 0.1) is 5.92 Å². The quantitative estimate of drug-likeness (QED) is 0.440. The van der Waals surface area contributed by atoms with Crippen LogP contribution in [-0.2, 0) is 19.9 Å². The van der Waals surface area contributed by atoms with Gasteiger partial charge < -0.3 is 19.4 Å². The first-order valence-corrected chi connectivity index (χ1v) is 15.9. The maximum absolute atomic E-state index is 14.3. The Bertz CT molecular complexity index is 1330. The summed E-state index contributed by atoms with van der Waals surface area (Å²) >= 11 is 14.0. The zero-order valence-electron chi connectivity index (χ0n) is 23.5. The zero-order valence-corrected chi connectivity index (χ0v) is 25.8. The molecule has 0 bridgehead atoms. The molecule has 3 saturated heterocycles. The number of nitrogens with zero attached hydrogens (tertiary/aromatic N) is 5. The van der Waals surface area contributed by atoms with Crippen molar-refractivity contribution in [2.75, 3.05) is 32.8 Å². The molecule has 2 aromatic rings. The minimum atomic E-state index is -0.655. The molecule has 3 fully saturated rings. The number of rotatable bonds is 5. The lowest BCUT2D eigenvalue weighted by Gasteiger charge is -2.41. The number of fused-ring (bicyclic) bond motifs is 1. The number of morpholine rings is 1. The number of carbonyl (C=O) groups excluding carboxylic acids is 2. The van der Waals surface area contributed by atoms with Gasteiger partial charge in [0.1, 0.15) is 22.0 Å². The lowest BCUT2D eigenvalue weighted by atomic mass is 9.81. The molecule has 0 saturated carbocycles. The first-order valence-electron chi connectivity index (χ1n) is 14.3. The summed E-state index contributed by atoms with van der Waals surface area (Å²) in [7, 11) is 0. The summed E-state index contributed by atoms with van der Waals surface area (Å²) < 4.78 is 5.44. The number of hydrogen-bond donors (Lipinski definition) is 0. The van der Waals surface area contributed by atoms with Gasteiger partial charge in [-0.3, -0.25) is 9.59 Å². The maximum atomic E-state index is 14.3. The number of thioether (sulfide) groups is 1. The second kappa shape index (κ2) is 11.4. The summed E-state index contributed by atoms with van der Waals surface area (Å²) in [4.78, 5) is 43.5. The van der Waals surface area contributed by atoms with Gasteiger partial charge in [0, 0.05) is 36.4 Å². The number of ether oxygens (including phenoxy) is 1. The fraction of sp³-hybridized carbons (Fsp3) is 0.533. The van der Waals surface area contributed by atoms with Gasteiger partial charge in [0.05, 0.1) is 25.3 Å². The summed E-state index contributed by atoms with van der Waals surface area (Å²) in [5.74, 6) is 0.225. The molecule has 41 heavy (non-hydrogen) atoms. The predicted octanol–water partition coefficient (Wildman–Crippen LogP) is 5.01. The number of halogens is 2. The zero-order chi connectivity index (χ0) is 28.9. The molecule has 4 aliphatic rings. The average molecular weight is 617 g/mol. The van der Waals surface area contributed by atoms with Crippen molar-refractivity contribution in [2.24, 2.45) is 10.9 Å². The third-order valence-electron chi connectivity index (χ3n) is 8.79. The van der Waals surface area contributed by atoms with E-state index < -0.39 is 11.6 Å². The van der Waals surface area contributed by atoms with E-state index in [1.165, 1.54) is 11.8 Å². The van der Waals surface area contributed by atoms with Gasteiger partial charge in [-0.2, -0.15) is 0 Å². The first-order chi connectivity index (χ1) is 19.7. The van der Waals surface area contributed by atoms with Crippen LogP contribution in [0.4, 0.5) is 0 Å². The summed E-state index contributed by atoms with van der Waals surface area (Å²) in [6, 6.07) is 11.0. The SMILES string of the molecule is CC(C)C1C(C(=O)N2CCC[C@H]2C(=O)N2CCOCC2)SC2=N[C@](C)(c3ccc(Cl)nc3)[C@H](c3ccc(Cl)cc3)N21. The van der Waals surface area contributed by atoms with Crippen LogP contribution in [0.25, 0.3) is 0 Å². The molecule has 0 radical (unpaired) electrons. The Hall–Kier alpha value is -2.33. The molecule has 0 N–H and O–H groups in total. The Kier molecular flexibility index (Phi) is 8.00. The van der Waals surface area contributed by atoms with Gasteiger partial charge in [-0.05, 0) is 49.4 Å². The highest BCUT2D eigenvalue weighted by Crippen LogP contribution is 2.55. The van der Waals surface area contributed by atoms with Crippen LogP contribution in [-0.4, -0.2) is 86.8 Å². The van der Waals surface area contributed by atoms with Gasteiger partial charge in [-0.15, -0.1) is 0 Å². The number of carbonyl (C=O) groups is 2. The van der Waals surface area contributed by atoms with Crippen LogP contribution in [0.3, 0.4) is 0 Å². The first kappa shape index (κ1) is 28.8. The van der Waals surface area contributed by atoms with Gasteiger partial charge in [0.15, 0.2) is 5.17 Å². The number of hydrogen-bond acceptors (Lipinski definition) is 7. The van der Waals surface area contributed by atoms with Crippen molar-refractivity contribution in [1.82, 2.24) is 19.7 Å². The Balaban J connectivity index is 1.35. The largest absolute Gasteiger partial charge is 0.378 e. The number of pyridine rings is 1. The molecule has 2 amide bonds. The van der Waals surface area contributed by atoms with E-state index in [2.05, 4.69) is 30.7 Å². The second-order valence-electron chi connectivity index (χ2n) is 11.7. The van der Waals surface area contributed by atoms with Gasteiger partial charge in [-0.25, -0.2) is 9.98 Å². The summed E-state index contributed by atoms with van der Waals surface area (Å²) in [5.41, 5.74) is 1.36. The number of benzene rings is 1. The van der Waals surface area contributed by atoms with Crippen molar-refractivity contribution >= 4 is 51.9 Å². The smallest absolute Gasteiger partial charge is 0.245 e. The third kappa shape index (κ3) is 5.13. The van der Waals surface area contributed by atoms with Crippen molar-refractivity contribution in [3.8, 4) is 0 Å². The Labute approximate surface area is 255 Å². The Morgan fingerprint density at radius 1 is 1.05 bits per heavy atom. The maximum Gasteiger partial charge on any atom is 0.245 e. The lowest BCUT2D eigenvalue weighted by Crippen LogP contribution is -2.55. The average Bonchev–Trinajstić information content (AvgIpc) is 3.66. The molecule has 8 nitrogen and oxygen atoms in total. The molecule has 218 valence electrons. The number of aromatic nitrogens is 1. The predicted molar refractivity (Wildman–Crippen MR) is 162 cm³/mol. The third-order valence-corrected chi connectivity index (χ3v) is 10.5. The van der Waals surface area contributed by atoms with Crippen LogP contribution >= 0.6 is 35.0 Å². The molecule has 0 aliphatic carbocycles. The molecule has 4 aliphatic heterocycles. The highest BCUT2D eigenvalue weighted by atomic mass is 35.5. The van der Waals surface area contributed by atoms with Crippen molar-refractivity contribution in [2.45, 2.75) is 62.5 Å². The van der Waals surface area contributed by atoms with Crippen LogP contribution in [0.2, 0.25) is 10.2 Å². The van der Waals surface area contributed by atoms with Crippen LogP contribution in [0.5, 0.6) is 0 Å². The number of amides is 2. The van der Waals surface area contributed by atoms with E-state index in [1.54, 1.807) is 12.3 Å². The second-order valence-corrected chi connectivity index (χ2v) is 13.6. The molecular formula is C30H35Cl2N5O3S. The standard InChI is InChI=1S/C30H35Cl2N5O3S/c1-18(2)24-25(28(39)36-12-4-5-22(36)27(38)35-13-15-40-16-14-35)41-29-34-30(3,20-8-11-23(32)33-17-20)26(37(24)29)19-6-9-21(31)10-7-19/h6-11,17-18,22,24-26H,4-5,12-16H2,1-3H3/t22-,24?,25?,26-,30+/m0/s1. The number of aliphatic imine (C=N–C) groups is 1. The van der Waals surface area contributed by atoms with E-state index >= 15 is 0 Å². The molecule has 5 heterocycles. The minimum absolute atomic E-state index is 0.0274. The van der Waals surface area contributed by atoms with E-state index in [0.29, 0.717) is 49.4 Å². The van der Waals surface area contributed by atoms with Crippen LogP contribution < -0.4 is 0 Å².